The van der Waals surface area contributed by atoms with E-state index in [0.717, 1.165) is 5.56 Å². The summed E-state index contributed by atoms with van der Waals surface area (Å²) in [6.45, 7) is 9.97. The Hall–Kier alpha value is -1.42. The van der Waals surface area contributed by atoms with Crippen molar-refractivity contribution in [2.75, 3.05) is 0 Å². The molecule has 1 rings (SSSR count). The highest BCUT2D eigenvalue weighted by Crippen LogP contribution is 2.00. The lowest BCUT2D eigenvalue weighted by Gasteiger charge is -2.22. The summed E-state index contributed by atoms with van der Waals surface area (Å²) in [6.07, 6.45) is 0.340. The van der Waals surface area contributed by atoms with Gasteiger partial charge in [0.25, 0.3) is 0 Å². The molecule has 106 valence electrons. The first kappa shape index (κ1) is 17.6. The zero-order valence-corrected chi connectivity index (χ0v) is 13.2. The van der Waals surface area contributed by atoms with Crippen molar-refractivity contribution < 1.29 is 4.79 Å². The Kier molecular flexibility index (Phi) is 8.00. The maximum atomic E-state index is 11.7. The van der Waals surface area contributed by atoms with Gasteiger partial charge in [-0.3, -0.25) is 4.79 Å². The average Bonchev–Trinajstić information content (AvgIpc) is 2.30. The van der Waals surface area contributed by atoms with Crippen molar-refractivity contribution in [3.63, 3.8) is 0 Å². The van der Waals surface area contributed by atoms with E-state index in [9.17, 15) is 4.79 Å². The van der Waals surface area contributed by atoms with E-state index in [1.165, 1.54) is 0 Å². The molecule has 1 aromatic carbocycles. The largest absolute Gasteiger partial charge is 0.358 e. The van der Waals surface area contributed by atoms with E-state index >= 15 is 0 Å². The van der Waals surface area contributed by atoms with Crippen molar-refractivity contribution in [1.29, 1.82) is 0 Å². The molecular weight excluding hydrogens is 256 g/mol. The van der Waals surface area contributed by atoms with Gasteiger partial charge in [0.05, 0.1) is 6.42 Å². The molecule has 0 unspecified atom stereocenters. The monoisotopic (exact) mass is 280 g/mol. The molecule has 1 amide bonds. The first-order valence-corrected chi connectivity index (χ1v) is 6.93. The van der Waals surface area contributed by atoms with Gasteiger partial charge in [0.1, 0.15) is 0 Å². The van der Waals surface area contributed by atoms with E-state index in [1.807, 2.05) is 65.0 Å². The Balaban J connectivity index is 0.00000154. The smallest absolute Gasteiger partial charge is 0.230 e. The first-order chi connectivity index (χ1) is 8.87. The summed E-state index contributed by atoms with van der Waals surface area (Å²) in [5.41, 5.74) is 0.834. The zero-order chi connectivity index (χ0) is 14.9. The topological polar surface area (TPSA) is 41.1 Å². The van der Waals surface area contributed by atoms with Crippen LogP contribution in [0.5, 0.6) is 0 Å². The van der Waals surface area contributed by atoms with Crippen LogP contribution in [0.3, 0.4) is 0 Å². The van der Waals surface area contributed by atoms with Crippen LogP contribution in [0.4, 0.5) is 0 Å². The molecule has 0 bridgehead atoms. The van der Waals surface area contributed by atoms with E-state index in [0.29, 0.717) is 11.5 Å². The van der Waals surface area contributed by atoms with Crippen LogP contribution in [0, 0.1) is 0 Å². The van der Waals surface area contributed by atoms with E-state index in [1.54, 1.807) is 0 Å². The van der Waals surface area contributed by atoms with Gasteiger partial charge < -0.3 is 10.6 Å². The minimum atomic E-state index is -0.142. The van der Waals surface area contributed by atoms with E-state index in [-0.39, 0.29) is 11.4 Å². The van der Waals surface area contributed by atoms with Crippen molar-refractivity contribution in [2.24, 2.45) is 0 Å². The Morgan fingerprint density at radius 3 is 2.16 bits per heavy atom. The fourth-order valence-electron chi connectivity index (χ4n) is 1.32. The normalized spacial score (nSPS) is 9.95. The molecule has 4 heteroatoms. The van der Waals surface area contributed by atoms with Crippen molar-refractivity contribution in [3.8, 4) is 0 Å². The summed E-state index contributed by atoms with van der Waals surface area (Å²) in [5.74, 6) is -0.0991. The summed E-state index contributed by atoms with van der Waals surface area (Å²) < 4.78 is 0. The molecule has 0 fully saturated rings. The van der Waals surface area contributed by atoms with Gasteiger partial charge in [-0.15, -0.1) is 0 Å². The summed E-state index contributed by atoms with van der Waals surface area (Å²) in [6, 6.07) is 9.58. The number of carbonyl (C=O) groups is 1. The van der Waals surface area contributed by atoms with Gasteiger partial charge in [-0.25, -0.2) is 0 Å². The molecule has 1 aromatic rings. The summed E-state index contributed by atoms with van der Waals surface area (Å²) in [7, 11) is 0. The van der Waals surface area contributed by atoms with Gasteiger partial charge in [0.2, 0.25) is 5.91 Å². The molecule has 0 aliphatic rings. The third-order valence-corrected chi connectivity index (χ3v) is 2.15. The second-order valence-electron chi connectivity index (χ2n) is 4.91. The third-order valence-electron chi connectivity index (χ3n) is 1.95. The Morgan fingerprint density at radius 2 is 1.68 bits per heavy atom. The maximum absolute atomic E-state index is 11.7. The second kappa shape index (κ2) is 8.64. The Labute approximate surface area is 121 Å². The fraction of sp³-hybridized carbons (Fsp3) is 0.467. The Bertz CT molecular complexity index is 396. The third kappa shape index (κ3) is 9.19. The van der Waals surface area contributed by atoms with Crippen LogP contribution in [-0.2, 0) is 11.2 Å². The molecule has 2 N–H and O–H groups in total. The van der Waals surface area contributed by atoms with Gasteiger partial charge in [0, 0.05) is 5.54 Å². The van der Waals surface area contributed by atoms with Crippen LogP contribution < -0.4 is 10.6 Å². The Morgan fingerprint density at radius 1 is 1.16 bits per heavy atom. The van der Waals surface area contributed by atoms with E-state index in [4.69, 9.17) is 12.2 Å². The second-order valence-corrected chi connectivity index (χ2v) is 5.32. The SMILES string of the molecule is CC.CC(C)(C)NC(=S)NC(=O)Cc1ccccc1. The molecular formula is C15H24N2OS. The van der Waals surface area contributed by atoms with Crippen molar-refractivity contribution in [3.05, 3.63) is 35.9 Å². The fourth-order valence-corrected chi connectivity index (χ4v) is 1.74. The van der Waals surface area contributed by atoms with Crippen LogP contribution in [0.15, 0.2) is 30.3 Å². The van der Waals surface area contributed by atoms with Gasteiger partial charge in [-0.05, 0) is 38.6 Å². The molecule has 0 radical (unpaired) electrons. The van der Waals surface area contributed by atoms with Crippen molar-refractivity contribution in [1.82, 2.24) is 10.6 Å². The van der Waals surface area contributed by atoms with Crippen LogP contribution >= 0.6 is 12.2 Å². The van der Waals surface area contributed by atoms with Crippen LogP contribution in [0.1, 0.15) is 40.2 Å². The van der Waals surface area contributed by atoms with Gasteiger partial charge in [0.15, 0.2) is 5.11 Å². The molecule has 0 saturated carbocycles. The zero-order valence-electron chi connectivity index (χ0n) is 12.4. The molecule has 0 aliphatic carbocycles. The van der Waals surface area contributed by atoms with Crippen LogP contribution in [0.2, 0.25) is 0 Å². The van der Waals surface area contributed by atoms with E-state index < -0.39 is 0 Å². The summed E-state index contributed by atoms with van der Waals surface area (Å²) >= 11 is 5.05. The van der Waals surface area contributed by atoms with Gasteiger partial charge in [-0.1, -0.05) is 44.2 Å². The standard InChI is InChI=1S/C13H18N2OS.C2H6/c1-13(2,3)15-12(17)14-11(16)9-10-7-5-4-6-8-10;1-2/h4-8H,9H2,1-3H3,(H2,14,15,16,17);1-2H3. The number of amides is 1. The molecule has 3 nitrogen and oxygen atoms in total. The quantitative estimate of drug-likeness (QED) is 0.818. The molecule has 0 atom stereocenters. The predicted octanol–water partition coefficient (Wildman–Crippen LogP) is 3.04. The molecule has 0 spiro atoms. The number of nitrogens with one attached hydrogen (secondary N) is 2. The number of hydrogen-bond acceptors (Lipinski definition) is 2. The number of benzene rings is 1. The molecule has 0 aromatic heterocycles. The molecule has 0 saturated heterocycles. The predicted molar refractivity (Wildman–Crippen MR) is 85.1 cm³/mol. The average molecular weight is 280 g/mol. The highest BCUT2D eigenvalue weighted by Gasteiger charge is 2.12. The lowest BCUT2D eigenvalue weighted by molar-refractivity contribution is -0.119. The summed E-state index contributed by atoms with van der Waals surface area (Å²) in [5, 5.41) is 6.08. The number of rotatable bonds is 2. The van der Waals surface area contributed by atoms with Gasteiger partial charge in [-0.2, -0.15) is 0 Å². The summed E-state index contributed by atoms with van der Waals surface area (Å²) in [4.78, 5) is 11.7. The van der Waals surface area contributed by atoms with Crippen LogP contribution in [-0.4, -0.2) is 16.6 Å². The minimum Gasteiger partial charge on any atom is -0.358 e. The van der Waals surface area contributed by atoms with Gasteiger partial charge >= 0.3 is 0 Å². The number of thiocarbonyl (C=S) groups is 1. The van der Waals surface area contributed by atoms with Crippen LogP contribution in [0.25, 0.3) is 0 Å². The highest BCUT2D eigenvalue weighted by atomic mass is 32.1. The van der Waals surface area contributed by atoms with Crippen molar-refractivity contribution in [2.45, 2.75) is 46.6 Å². The highest BCUT2D eigenvalue weighted by molar-refractivity contribution is 7.80. The molecule has 0 aliphatic heterocycles. The number of carbonyl (C=O) groups excluding carboxylic acids is 1. The molecule has 19 heavy (non-hydrogen) atoms. The molecule has 0 heterocycles. The van der Waals surface area contributed by atoms with E-state index in [2.05, 4.69) is 10.6 Å². The minimum absolute atomic E-state index is 0.0991. The lowest BCUT2D eigenvalue weighted by Crippen LogP contribution is -2.48. The first-order valence-electron chi connectivity index (χ1n) is 6.53. The number of hydrogen-bond donors (Lipinski definition) is 2. The maximum Gasteiger partial charge on any atom is 0.230 e. The van der Waals surface area contributed by atoms with Crippen molar-refractivity contribution >= 4 is 23.2 Å². The lowest BCUT2D eigenvalue weighted by atomic mass is 10.1.